The number of carbonyl (C=O) groups excluding carboxylic acids is 3. The SMILES string of the molecule is O=C(Nc1cc(C(=O)NC2CC2)ccc1N1CCC(CC(=O)N2CCCNC2)CC1)c1cccc(Cl)c1. The molecule has 0 atom stereocenters. The minimum atomic E-state index is -0.279. The summed E-state index contributed by atoms with van der Waals surface area (Å²) in [5, 5.41) is 9.79. The minimum absolute atomic E-state index is 0.128. The van der Waals surface area contributed by atoms with Crippen LogP contribution < -0.4 is 20.9 Å². The Bertz CT molecular complexity index is 1150. The van der Waals surface area contributed by atoms with Crippen LogP contribution in [0.4, 0.5) is 11.4 Å². The predicted octanol–water partition coefficient (Wildman–Crippen LogP) is 3.87. The van der Waals surface area contributed by atoms with E-state index in [1.54, 1.807) is 30.3 Å². The average Bonchev–Trinajstić information content (AvgIpc) is 3.73. The first-order valence-corrected chi connectivity index (χ1v) is 13.6. The molecule has 2 aliphatic heterocycles. The molecular weight excluding hydrogens is 490 g/mol. The largest absolute Gasteiger partial charge is 0.370 e. The molecule has 3 fully saturated rings. The lowest BCUT2D eigenvalue weighted by atomic mass is 9.92. The fourth-order valence-corrected chi connectivity index (χ4v) is 5.22. The van der Waals surface area contributed by atoms with Crippen molar-refractivity contribution >= 4 is 40.7 Å². The van der Waals surface area contributed by atoms with E-state index in [1.807, 2.05) is 17.0 Å². The summed E-state index contributed by atoms with van der Waals surface area (Å²) in [6.45, 7) is 4.02. The van der Waals surface area contributed by atoms with Crippen molar-refractivity contribution in [1.82, 2.24) is 15.5 Å². The van der Waals surface area contributed by atoms with Gasteiger partial charge in [0.1, 0.15) is 0 Å². The highest BCUT2D eigenvalue weighted by atomic mass is 35.5. The van der Waals surface area contributed by atoms with Gasteiger partial charge in [-0.05, 0) is 81.0 Å². The molecule has 2 aromatic rings. The minimum Gasteiger partial charge on any atom is -0.370 e. The molecule has 0 radical (unpaired) electrons. The number of nitrogens with zero attached hydrogens (tertiary/aromatic N) is 2. The summed E-state index contributed by atoms with van der Waals surface area (Å²) in [5.41, 5.74) is 2.45. The summed E-state index contributed by atoms with van der Waals surface area (Å²) in [5.74, 6) is 0.167. The van der Waals surface area contributed by atoms with Crippen LogP contribution in [0.3, 0.4) is 0 Å². The quantitative estimate of drug-likeness (QED) is 0.512. The molecule has 1 aliphatic carbocycles. The van der Waals surface area contributed by atoms with Gasteiger partial charge in [0.25, 0.3) is 11.8 Å². The van der Waals surface area contributed by atoms with Gasteiger partial charge in [-0.3, -0.25) is 19.7 Å². The number of amides is 3. The number of halogens is 1. The molecule has 0 aromatic heterocycles. The first-order valence-electron chi connectivity index (χ1n) is 13.2. The molecule has 3 amide bonds. The van der Waals surface area contributed by atoms with E-state index in [9.17, 15) is 14.4 Å². The lowest BCUT2D eigenvalue weighted by molar-refractivity contribution is -0.133. The normalized spacial score (nSPS) is 18.4. The van der Waals surface area contributed by atoms with Crippen LogP contribution in [0, 0.1) is 5.92 Å². The Morgan fingerprint density at radius 1 is 0.946 bits per heavy atom. The Morgan fingerprint density at radius 2 is 1.73 bits per heavy atom. The van der Waals surface area contributed by atoms with Crippen molar-refractivity contribution in [2.75, 3.05) is 43.1 Å². The number of rotatable bonds is 7. The molecule has 2 heterocycles. The maximum Gasteiger partial charge on any atom is 0.255 e. The van der Waals surface area contributed by atoms with Crippen molar-refractivity contribution in [1.29, 1.82) is 0 Å². The first kappa shape index (κ1) is 25.5. The Hall–Kier alpha value is -3.10. The molecule has 5 rings (SSSR count). The Balaban J connectivity index is 1.28. The lowest BCUT2D eigenvalue weighted by Crippen LogP contribution is -2.46. The third-order valence-corrected chi connectivity index (χ3v) is 7.60. The van der Waals surface area contributed by atoms with Gasteiger partial charge in [-0.25, -0.2) is 0 Å². The topological polar surface area (TPSA) is 93.8 Å². The van der Waals surface area contributed by atoms with Crippen LogP contribution in [0.2, 0.25) is 5.02 Å². The number of benzene rings is 2. The summed E-state index contributed by atoms with van der Waals surface area (Å²) < 4.78 is 0. The predicted molar refractivity (Wildman–Crippen MR) is 145 cm³/mol. The second kappa shape index (κ2) is 11.5. The molecule has 0 spiro atoms. The fourth-order valence-electron chi connectivity index (χ4n) is 5.03. The van der Waals surface area contributed by atoms with Gasteiger partial charge in [0, 0.05) is 48.2 Å². The highest BCUT2D eigenvalue weighted by molar-refractivity contribution is 6.31. The Kier molecular flexibility index (Phi) is 7.96. The van der Waals surface area contributed by atoms with Crippen molar-refractivity contribution in [3.05, 3.63) is 58.6 Å². The maximum atomic E-state index is 13.1. The monoisotopic (exact) mass is 523 g/mol. The fraction of sp³-hybridized carbons (Fsp3) is 0.464. The average molecular weight is 524 g/mol. The standard InChI is InChI=1S/C28H34ClN5O3/c29-22-4-1-3-20(16-22)28(37)32-24-17-21(27(36)31-23-6-7-23)5-8-25(24)33-13-9-19(10-14-33)15-26(35)34-12-2-11-30-18-34/h1,3-5,8,16-17,19,23,30H,2,6-7,9-15,18H2,(H,31,36)(H,32,37). The maximum absolute atomic E-state index is 13.1. The highest BCUT2D eigenvalue weighted by Gasteiger charge is 2.27. The number of anilines is 2. The summed E-state index contributed by atoms with van der Waals surface area (Å²) in [6, 6.07) is 12.5. The van der Waals surface area contributed by atoms with Gasteiger partial charge in [-0.1, -0.05) is 17.7 Å². The summed E-state index contributed by atoms with van der Waals surface area (Å²) in [4.78, 5) is 42.6. The van der Waals surface area contributed by atoms with Crippen molar-refractivity contribution < 1.29 is 14.4 Å². The van der Waals surface area contributed by atoms with E-state index in [1.165, 1.54) is 0 Å². The van der Waals surface area contributed by atoms with Crippen LogP contribution in [0.25, 0.3) is 0 Å². The first-order chi connectivity index (χ1) is 18.0. The second-order valence-corrected chi connectivity index (χ2v) is 10.7. The van der Waals surface area contributed by atoms with E-state index < -0.39 is 0 Å². The molecule has 3 N–H and O–H groups in total. The van der Waals surface area contributed by atoms with Crippen LogP contribution in [0.15, 0.2) is 42.5 Å². The van der Waals surface area contributed by atoms with Crippen LogP contribution in [0.5, 0.6) is 0 Å². The zero-order valence-electron chi connectivity index (χ0n) is 21.0. The van der Waals surface area contributed by atoms with Gasteiger partial charge < -0.3 is 20.4 Å². The lowest BCUT2D eigenvalue weighted by Gasteiger charge is -2.36. The van der Waals surface area contributed by atoms with E-state index in [2.05, 4.69) is 20.9 Å². The van der Waals surface area contributed by atoms with Gasteiger partial charge in [-0.2, -0.15) is 0 Å². The number of piperidine rings is 1. The Morgan fingerprint density at radius 3 is 2.43 bits per heavy atom. The molecule has 37 heavy (non-hydrogen) atoms. The molecule has 9 heteroatoms. The molecule has 196 valence electrons. The zero-order valence-corrected chi connectivity index (χ0v) is 21.7. The van der Waals surface area contributed by atoms with E-state index in [0.29, 0.717) is 40.8 Å². The van der Waals surface area contributed by atoms with Gasteiger partial charge >= 0.3 is 0 Å². The highest BCUT2D eigenvalue weighted by Crippen LogP contribution is 2.33. The van der Waals surface area contributed by atoms with E-state index >= 15 is 0 Å². The third-order valence-electron chi connectivity index (χ3n) is 7.36. The number of nitrogens with one attached hydrogen (secondary N) is 3. The van der Waals surface area contributed by atoms with Crippen LogP contribution in [-0.4, -0.2) is 61.5 Å². The number of carbonyl (C=O) groups is 3. The summed E-state index contributed by atoms with van der Waals surface area (Å²) >= 11 is 6.09. The van der Waals surface area contributed by atoms with Crippen LogP contribution in [-0.2, 0) is 4.79 Å². The molecule has 1 saturated carbocycles. The molecule has 2 aromatic carbocycles. The number of hydrogen-bond acceptors (Lipinski definition) is 5. The van der Waals surface area contributed by atoms with Crippen molar-refractivity contribution in [3.63, 3.8) is 0 Å². The van der Waals surface area contributed by atoms with Gasteiger partial charge in [0.2, 0.25) is 5.91 Å². The van der Waals surface area contributed by atoms with Crippen LogP contribution in [0.1, 0.15) is 59.2 Å². The molecule has 8 nitrogen and oxygen atoms in total. The second-order valence-electron chi connectivity index (χ2n) is 10.2. The summed E-state index contributed by atoms with van der Waals surface area (Å²) in [7, 11) is 0. The Labute approximate surface area is 222 Å². The van der Waals surface area contributed by atoms with Gasteiger partial charge in [0.05, 0.1) is 18.0 Å². The molecule has 0 unspecified atom stereocenters. The smallest absolute Gasteiger partial charge is 0.255 e. The molecule has 0 bridgehead atoms. The number of hydrogen-bond donors (Lipinski definition) is 3. The van der Waals surface area contributed by atoms with Crippen molar-refractivity contribution in [2.45, 2.75) is 44.6 Å². The van der Waals surface area contributed by atoms with E-state index in [-0.39, 0.29) is 23.8 Å². The molecule has 2 saturated heterocycles. The summed E-state index contributed by atoms with van der Waals surface area (Å²) in [6.07, 6.45) is 5.40. The van der Waals surface area contributed by atoms with Crippen molar-refractivity contribution in [2.24, 2.45) is 5.92 Å². The van der Waals surface area contributed by atoms with Gasteiger partial charge in [0.15, 0.2) is 0 Å². The van der Waals surface area contributed by atoms with Gasteiger partial charge in [-0.15, -0.1) is 0 Å². The third kappa shape index (κ3) is 6.62. The molecular formula is C28H34ClN5O3. The van der Waals surface area contributed by atoms with E-state index in [0.717, 1.165) is 64.0 Å². The zero-order chi connectivity index (χ0) is 25.8. The van der Waals surface area contributed by atoms with E-state index in [4.69, 9.17) is 11.6 Å². The van der Waals surface area contributed by atoms with Crippen LogP contribution >= 0.6 is 11.6 Å². The molecule has 3 aliphatic rings. The van der Waals surface area contributed by atoms with Crippen molar-refractivity contribution in [3.8, 4) is 0 Å².